The summed E-state index contributed by atoms with van der Waals surface area (Å²) < 4.78 is 39.6. The molecule has 0 saturated heterocycles. The number of benzene rings is 1. The fourth-order valence-electron chi connectivity index (χ4n) is 1.48. The Kier molecular flexibility index (Phi) is 3.24. The van der Waals surface area contributed by atoms with Crippen LogP contribution in [0.2, 0.25) is 0 Å². The van der Waals surface area contributed by atoms with Gasteiger partial charge in [0.1, 0.15) is 11.6 Å². The highest BCUT2D eigenvalue weighted by atomic mass is 19.4. The second-order valence-corrected chi connectivity index (χ2v) is 3.57. The molecule has 0 saturated carbocycles. The highest BCUT2D eigenvalue weighted by Crippen LogP contribution is 2.24. The Morgan fingerprint density at radius 2 is 1.89 bits per heavy atom. The third kappa shape index (κ3) is 3.01. The van der Waals surface area contributed by atoms with Crippen molar-refractivity contribution in [1.29, 1.82) is 0 Å². The Balaban J connectivity index is 2.13. The monoisotopic (exact) mass is 257 g/mol. The summed E-state index contributed by atoms with van der Waals surface area (Å²) in [6.45, 7) is 0. The summed E-state index contributed by atoms with van der Waals surface area (Å²) in [6, 6.07) is 4.85. The van der Waals surface area contributed by atoms with Crippen LogP contribution in [0.15, 0.2) is 36.7 Å². The van der Waals surface area contributed by atoms with Crippen LogP contribution >= 0.6 is 0 Å². The molecule has 0 spiro atoms. The number of nitrogens with two attached hydrogens (primary N) is 1. The quantitative estimate of drug-likeness (QED) is 0.887. The number of nitrogens with zero attached hydrogens (tertiary/aromatic N) is 1. The number of rotatable bonds is 3. The zero-order chi connectivity index (χ0) is 13.2. The lowest BCUT2D eigenvalue weighted by Crippen LogP contribution is -2.17. The maximum absolute atomic E-state index is 12.0. The maximum Gasteiger partial charge on any atom is 0.573 e. The third-order valence-electron chi connectivity index (χ3n) is 2.29. The van der Waals surface area contributed by atoms with Crippen LogP contribution in [0.4, 0.5) is 13.2 Å². The molecule has 0 fully saturated rings. The molecule has 1 unspecified atom stereocenters. The van der Waals surface area contributed by atoms with Gasteiger partial charge in [0.05, 0.1) is 6.04 Å². The molecule has 3 N–H and O–H groups in total. The van der Waals surface area contributed by atoms with Gasteiger partial charge in [-0.15, -0.1) is 13.2 Å². The second-order valence-electron chi connectivity index (χ2n) is 3.57. The average Bonchev–Trinajstić information content (AvgIpc) is 2.80. The smallest absolute Gasteiger partial charge is 0.406 e. The van der Waals surface area contributed by atoms with E-state index in [4.69, 9.17) is 5.73 Å². The lowest BCUT2D eigenvalue weighted by molar-refractivity contribution is -0.274. The average molecular weight is 257 g/mol. The molecular formula is C11H10F3N3O. The first-order chi connectivity index (χ1) is 8.46. The Morgan fingerprint density at radius 3 is 2.39 bits per heavy atom. The zero-order valence-corrected chi connectivity index (χ0v) is 9.11. The molecular weight excluding hydrogens is 247 g/mol. The maximum atomic E-state index is 12.0. The number of H-pyrrole nitrogens is 1. The van der Waals surface area contributed by atoms with Gasteiger partial charge in [0, 0.05) is 12.4 Å². The summed E-state index contributed by atoms with van der Waals surface area (Å²) in [5.74, 6) is 0.261. The largest absolute Gasteiger partial charge is 0.573 e. The van der Waals surface area contributed by atoms with Gasteiger partial charge < -0.3 is 15.5 Å². The molecule has 0 aliphatic carbocycles. The topological polar surface area (TPSA) is 63.9 Å². The van der Waals surface area contributed by atoms with Crippen LogP contribution in [0.1, 0.15) is 17.4 Å². The molecule has 0 radical (unpaired) electrons. The molecule has 2 aromatic rings. The van der Waals surface area contributed by atoms with Crippen LogP contribution < -0.4 is 10.5 Å². The number of halogens is 3. The Hall–Kier alpha value is -2.02. The summed E-state index contributed by atoms with van der Waals surface area (Å²) in [5.41, 5.74) is 6.52. The molecule has 2 rings (SSSR count). The molecule has 0 bridgehead atoms. The van der Waals surface area contributed by atoms with Crippen LogP contribution in [-0.4, -0.2) is 16.3 Å². The van der Waals surface area contributed by atoms with Crippen molar-refractivity contribution in [3.05, 3.63) is 48.0 Å². The number of ether oxygens (including phenoxy) is 1. The molecule has 1 aromatic heterocycles. The van der Waals surface area contributed by atoms with E-state index in [0.717, 1.165) is 0 Å². The van der Waals surface area contributed by atoms with Crippen molar-refractivity contribution in [1.82, 2.24) is 9.97 Å². The van der Waals surface area contributed by atoms with E-state index in [1.54, 1.807) is 12.4 Å². The number of aromatic nitrogens is 2. The molecule has 96 valence electrons. The van der Waals surface area contributed by atoms with E-state index in [2.05, 4.69) is 14.7 Å². The fraction of sp³-hybridized carbons (Fsp3) is 0.182. The van der Waals surface area contributed by atoms with E-state index < -0.39 is 12.4 Å². The third-order valence-corrected chi connectivity index (χ3v) is 2.29. The van der Waals surface area contributed by atoms with Crippen molar-refractivity contribution in [3.63, 3.8) is 0 Å². The van der Waals surface area contributed by atoms with Crippen molar-refractivity contribution in [2.24, 2.45) is 5.73 Å². The number of alkyl halides is 3. The van der Waals surface area contributed by atoms with Gasteiger partial charge >= 0.3 is 6.36 Å². The van der Waals surface area contributed by atoms with Crippen molar-refractivity contribution in [2.45, 2.75) is 12.4 Å². The Morgan fingerprint density at radius 1 is 1.22 bits per heavy atom. The molecule has 1 atom stereocenters. The first-order valence-electron chi connectivity index (χ1n) is 5.06. The van der Waals surface area contributed by atoms with Crippen LogP contribution in [0, 0.1) is 0 Å². The Labute approximate surface area is 101 Å². The first kappa shape index (κ1) is 12.4. The van der Waals surface area contributed by atoms with Gasteiger partial charge in [0.25, 0.3) is 0 Å². The molecule has 0 aliphatic heterocycles. The van der Waals surface area contributed by atoms with E-state index in [9.17, 15) is 13.2 Å². The summed E-state index contributed by atoms with van der Waals surface area (Å²) >= 11 is 0. The van der Waals surface area contributed by atoms with Crippen LogP contribution in [0.3, 0.4) is 0 Å². The highest BCUT2D eigenvalue weighted by Gasteiger charge is 2.31. The first-order valence-corrected chi connectivity index (χ1v) is 5.06. The van der Waals surface area contributed by atoms with E-state index in [1.165, 1.54) is 24.3 Å². The molecule has 0 amide bonds. The summed E-state index contributed by atoms with van der Waals surface area (Å²) in [4.78, 5) is 6.82. The second kappa shape index (κ2) is 4.69. The normalized spacial score (nSPS) is 13.3. The minimum absolute atomic E-state index is 0.280. The van der Waals surface area contributed by atoms with Gasteiger partial charge in [-0.2, -0.15) is 0 Å². The van der Waals surface area contributed by atoms with E-state index in [-0.39, 0.29) is 5.75 Å². The minimum atomic E-state index is -4.69. The van der Waals surface area contributed by atoms with Crippen LogP contribution in [-0.2, 0) is 0 Å². The molecule has 0 aliphatic rings. The molecule has 18 heavy (non-hydrogen) atoms. The highest BCUT2D eigenvalue weighted by molar-refractivity contribution is 5.31. The number of hydrogen-bond donors (Lipinski definition) is 2. The summed E-state index contributed by atoms with van der Waals surface area (Å²) in [7, 11) is 0. The zero-order valence-electron chi connectivity index (χ0n) is 9.11. The molecule has 4 nitrogen and oxygen atoms in total. The number of hydrogen-bond acceptors (Lipinski definition) is 3. The SMILES string of the molecule is NC(c1ccc(OC(F)(F)F)cc1)c1ncc[nH]1. The molecule has 1 aromatic carbocycles. The standard InChI is InChI=1S/C11H10F3N3O/c12-11(13,14)18-8-3-1-7(2-4-8)9(15)10-16-5-6-17-10/h1-6,9H,15H2,(H,16,17). The predicted molar refractivity (Wildman–Crippen MR) is 57.7 cm³/mol. The van der Waals surface area contributed by atoms with Crippen LogP contribution in [0.5, 0.6) is 5.75 Å². The lowest BCUT2D eigenvalue weighted by Gasteiger charge is -2.12. The fourth-order valence-corrected chi connectivity index (χ4v) is 1.48. The van der Waals surface area contributed by atoms with E-state index in [1.807, 2.05) is 0 Å². The number of imidazole rings is 1. The Bertz CT molecular complexity index is 493. The van der Waals surface area contributed by atoms with Crippen LogP contribution in [0.25, 0.3) is 0 Å². The number of aromatic amines is 1. The van der Waals surface area contributed by atoms with Gasteiger partial charge in [-0.1, -0.05) is 12.1 Å². The van der Waals surface area contributed by atoms with Gasteiger partial charge in [-0.05, 0) is 17.7 Å². The molecule has 7 heteroatoms. The lowest BCUT2D eigenvalue weighted by atomic mass is 10.1. The van der Waals surface area contributed by atoms with Gasteiger partial charge in [-0.25, -0.2) is 4.98 Å². The van der Waals surface area contributed by atoms with E-state index in [0.29, 0.717) is 11.4 Å². The van der Waals surface area contributed by atoms with Crippen molar-refractivity contribution in [2.75, 3.05) is 0 Å². The minimum Gasteiger partial charge on any atom is -0.406 e. The van der Waals surface area contributed by atoms with Gasteiger partial charge in [-0.3, -0.25) is 0 Å². The summed E-state index contributed by atoms with van der Waals surface area (Å²) in [6.07, 6.45) is -1.52. The van der Waals surface area contributed by atoms with Crippen molar-refractivity contribution >= 4 is 0 Å². The summed E-state index contributed by atoms with van der Waals surface area (Å²) in [5, 5.41) is 0. The number of nitrogens with one attached hydrogen (secondary N) is 1. The molecule has 1 heterocycles. The van der Waals surface area contributed by atoms with Crippen molar-refractivity contribution < 1.29 is 17.9 Å². The predicted octanol–water partition coefficient (Wildman–Crippen LogP) is 2.36. The van der Waals surface area contributed by atoms with Crippen molar-refractivity contribution in [3.8, 4) is 5.75 Å². The van der Waals surface area contributed by atoms with Gasteiger partial charge in [0.15, 0.2) is 0 Å². The van der Waals surface area contributed by atoms with E-state index >= 15 is 0 Å². The van der Waals surface area contributed by atoms with Gasteiger partial charge in [0.2, 0.25) is 0 Å².